The van der Waals surface area contributed by atoms with Crippen LogP contribution in [-0.4, -0.2) is 67.0 Å². The molecule has 15 nitrogen and oxygen atoms in total. The maximum Gasteiger partial charge on any atom is 0.424 e. The van der Waals surface area contributed by atoms with Gasteiger partial charge in [0.05, 0.1) is 39.4 Å². The van der Waals surface area contributed by atoms with Gasteiger partial charge in [-0.1, -0.05) is 41.9 Å². The maximum absolute atomic E-state index is 14.2. The monoisotopic (exact) mass is 744 g/mol. The number of carbonyl (C=O) groups is 3. The van der Waals surface area contributed by atoms with Gasteiger partial charge in [-0.2, -0.15) is 4.31 Å². The van der Waals surface area contributed by atoms with Gasteiger partial charge < -0.3 is 19.5 Å². The van der Waals surface area contributed by atoms with Crippen molar-refractivity contribution in [3.63, 3.8) is 0 Å². The Labute approximate surface area is 301 Å². The molecule has 3 aromatic rings. The van der Waals surface area contributed by atoms with Crippen LogP contribution in [0.15, 0.2) is 82.1 Å². The number of nitrogens with one attached hydrogen (secondary N) is 1. The number of halogens is 1. The van der Waals surface area contributed by atoms with Crippen molar-refractivity contribution in [3.05, 3.63) is 99.2 Å². The highest BCUT2D eigenvalue weighted by molar-refractivity contribution is 7.89. The second-order valence-electron chi connectivity index (χ2n) is 12.7. The van der Waals surface area contributed by atoms with Crippen molar-refractivity contribution >= 4 is 45.3 Å². The summed E-state index contributed by atoms with van der Waals surface area (Å²) in [5.74, 6) is -1.45. The topological polar surface area (TPSA) is 179 Å². The fourth-order valence-electron chi connectivity index (χ4n) is 5.02. The normalized spacial score (nSPS) is 14.6. The summed E-state index contributed by atoms with van der Waals surface area (Å²) in [6.45, 7) is 8.98. The summed E-state index contributed by atoms with van der Waals surface area (Å²) in [6.07, 6.45) is -0.504. The van der Waals surface area contributed by atoms with Crippen molar-refractivity contribution in [3.8, 4) is 0 Å². The van der Waals surface area contributed by atoms with E-state index in [1.807, 2.05) is 31.2 Å². The van der Waals surface area contributed by atoms with Gasteiger partial charge in [-0.05, 0) is 95.5 Å². The number of hydrazine groups is 1. The molecule has 1 heterocycles. The van der Waals surface area contributed by atoms with Crippen LogP contribution in [0.2, 0.25) is 5.02 Å². The number of hydroxylamine groups is 2. The third-order valence-corrected chi connectivity index (χ3v) is 9.96. The fourth-order valence-corrected chi connectivity index (χ4v) is 6.81. The third kappa shape index (κ3) is 9.72. The molecule has 0 radical (unpaired) electrons. The first-order valence-electron chi connectivity index (χ1n) is 16.1. The van der Waals surface area contributed by atoms with Gasteiger partial charge in [0.1, 0.15) is 23.6 Å². The third-order valence-electron chi connectivity index (χ3n) is 7.76. The van der Waals surface area contributed by atoms with E-state index in [9.17, 15) is 28.0 Å². The number of hydrogen-bond acceptors (Lipinski definition) is 12. The van der Waals surface area contributed by atoms with Gasteiger partial charge >= 0.3 is 12.1 Å². The van der Waals surface area contributed by atoms with Crippen LogP contribution in [0.1, 0.15) is 73.4 Å². The number of fused-ring (bicyclic) bond motifs is 1. The molecule has 4 rings (SSSR count). The second-order valence-corrected chi connectivity index (χ2v) is 14.9. The quantitative estimate of drug-likeness (QED) is 0.0519. The Morgan fingerprint density at radius 1 is 1.04 bits per heavy atom. The molecular weight excluding hydrogens is 704 g/mol. The minimum absolute atomic E-state index is 0.0000558. The summed E-state index contributed by atoms with van der Waals surface area (Å²) < 4.78 is 38.4. The average molecular weight is 745 g/mol. The zero-order valence-electron chi connectivity index (χ0n) is 29.2. The first kappa shape index (κ1) is 39.0. The molecule has 51 heavy (non-hydrogen) atoms. The molecule has 3 aromatic carbocycles. The number of esters is 1. The van der Waals surface area contributed by atoms with Crippen LogP contribution in [0.3, 0.4) is 0 Å². The summed E-state index contributed by atoms with van der Waals surface area (Å²) in [7, 11) is -4.77. The van der Waals surface area contributed by atoms with E-state index in [-0.39, 0.29) is 40.8 Å². The molecule has 0 fully saturated rings. The van der Waals surface area contributed by atoms with Gasteiger partial charge in [-0.15, -0.1) is 0 Å². The van der Waals surface area contributed by atoms with Crippen molar-refractivity contribution in [2.75, 3.05) is 24.9 Å². The number of amides is 2. The number of hydrogen-bond donors (Lipinski definition) is 1. The molecule has 1 aliphatic heterocycles. The summed E-state index contributed by atoms with van der Waals surface area (Å²) in [4.78, 5) is 43.9. The Balaban J connectivity index is 1.57. The Morgan fingerprint density at radius 2 is 1.75 bits per heavy atom. The van der Waals surface area contributed by atoms with Crippen LogP contribution in [-0.2, 0) is 37.3 Å². The SMILES string of the molecule is CC[N+]([O-])(CC)/N=N\OCOC(=O)c1cccc(CN(C(=O)OC(C)(C)C)S(=O)(=O)c2cc(C(=O)NN3c4ccccc4CC3C)ccc2Cl)c1. The highest BCUT2D eigenvalue weighted by Crippen LogP contribution is 2.32. The summed E-state index contributed by atoms with van der Waals surface area (Å²) in [5, 5.41) is 20.4. The van der Waals surface area contributed by atoms with Crippen molar-refractivity contribution < 1.29 is 41.9 Å². The lowest BCUT2D eigenvalue weighted by Gasteiger charge is -2.30. The number of nitrogens with zero attached hydrogens (tertiary/aromatic N) is 5. The van der Waals surface area contributed by atoms with E-state index in [1.165, 1.54) is 36.4 Å². The number of sulfonamides is 1. The number of rotatable bonds is 13. The first-order chi connectivity index (χ1) is 24.0. The molecule has 0 saturated carbocycles. The lowest BCUT2D eigenvalue weighted by atomic mass is 10.1. The lowest BCUT2D eigenvalue weighted by Crippen LogP contribution is -2.45. The predicted molar refractivity (Wildman–Crippen MR) is 187 cm³/mol. The smallest absolute Gasteiger partial charge is 0.424 e. The molecular formula is C34H41ClN6O9S. The van der Waals surface area contributed by atoms with Gasteiger partial charge in [0, 0.05) is 5.56 Å². The second kappa shape index (κ2) is 16.1. The van der Waals surface area contributed by atoms with E-state index in [0.717, 1.165) is 17.3 Å². The Bertz CT molecular complexity index is 1900. The zero-order valence-corrected chi connectivity index (χ0v) is 30.7. The lowest BCUT2D eigenvalue weighted by molar-refractivity contribution is -0.890. The molecule has 274 valence electrons. The van der Waals surface area contributed by atoms with Crippen LogP contribution >= 0.6 is 11.6 Å². The fraction of sp³-hybridized carbons (Fsp3) is 0.382. The summed E-state index contributed by atoms with van der Waals surface area (Å²) in [5.41, 5.74) is 3.84. The average Bonchev–Trinajstić information content (AvgIpc) is 3.40. The van der Waals surface area contributed by atoms with Crippen LogP contribution < -0.4 is 10.4 Å². The Morgan fingerprint density at radius 3 is 2.43 bits per heavy atom. The van der Waals surface area contributed by atoms with Gasteiger partial charge in [-0.25, -0.2) is 22.8 Å². The predicted octanol–water partition coefficient (Wildman–Crippen LogP) is 6.33. The van der Waals surface area contributed by atoms with E-state index >= 15 is 0 Å². The zero-order chi connectivity index (χ0) is 37.6. The van der Waals surface area contributed by atoms with Gasteiger partial charge in [0.2, 0.25) is 0 Å². The number of para-hydroxylation sites is 1. The van der Waals surface area contributed by atoms with E-state index in [4.69, 9.17) is 25.9 Å². The molecule has 0 spiro atoms. The minimum atomic E-state index is -4.77. The molecule has 1 N–H and O–H groups in total. The van der Waals surface area contributed by atoms with E-state index in [0.29, 0.717) is 10.7 Å². The molecule has 0 bridgehead atoms. The highest BCUT2D eigenvalue weighted by Gasteiger charge is 2.36. The number of anilines is 1. The molecule has 2 amide bonds. The number of benzene rings is 3. The van der Waals surface area contributed by atoms with Crippen molar-refractivity contribution in [1.29, 1.82) is 0 Å². The number of ether oxygens (including phenoxy) is 2. The van der Waals surface area contributed by atoms with Crippen LogP contribution in [0.4, 0.5) is 10.5 Å². The number of quaternary nitrogens is 1. The van der Waals surface area contributed by atoms with Crippen LogP contribution in [0.5, 0.6) is 0 Å². The molecule has 0 aliphatic carbocycles. The molecule has 17 heteroatoms. The van der Waals surface area contributed by atoms with Gasteiger partial charge in [0.25, 0.3) is 22.7 Å². The maximum atomic E-state index is 14.2. The molecule has 1 atom stereocenters. The Hall–Kier alpha value is -4.77. The van der Waals surface area contributed by atoms with E-state index in [2.05, 4.69) is 15.9 Å². The standard InChI is InChI=1S/C34H41ClN6O9S/c1-7-41(45,8-2)37-38-49-22-48-32(43)27-14-11-12-24(19-27)21-39(33(44)50-34(4,5)6)51(46,47)30-20-26(16-17-28(30)35)31(42)36-40-23(3)18-25-13-9-10-15-29(25)40/h9-17,19-20,23H,7-8,18,21-22H2,1-6H3,(H,36,42)/b38-37-. The van der Waals surface area contributed by atoms with Gasteiger partial charge in [-0.3, -0.25) is 15.2 Å². The molecule has 1 unspecified atom stereocenters. The minimum Gasteiger partial charge on any atom is -0.603 e. The van der Waals surface area contributed by atoms with Crippen molar-refractivity contribution in [2.45, 2.75) is 71.0 Å². The summed E-state index contributed by atoms with van der Waals surface area (Å²) >= 11 is 6.40. The van der Waals surface area contributed by atoms with Crippen molar-refractivity contribution in [1.82, 2.24) is 9.73 Å². The summed E-state index contributed by atoms with van der Waals surface area (Å²) in [6, 6.07) is 17.0. The molecule has 1 aliphatic rings. The van der Waals surface area contributed by atoms with Gasteiger partial charge in [0.15, 0.2) is 0 Å². The Kier molecular flexibility index (Phi) is 12.3. The van der Waals surface area contributed by atoms with Crippen molar-refractivity contribution in [2.24, 2.45) is 10.5 Å². The van der Waals surface area contributed by atoms with Crippen LogP contribution in [0, 0.1) is 5.21 Å². The first-order valence-corrected chi connectivity index (χ1v) is 17.9. The van der Waals surface area contributed by atoms with E-state index < -0.39 is 56.6 Å². The molecule has 0 saturated heterocycles. The number of carbonyl (C=O) groups excluding carboxylic acids is 3. The van der Waals surface area contributed by atoms with Crippen LogP contribution in [0.25, 0.3) is 0 Å². The largest absolute Gasteiger partial charge is 0.603 e. The molecule has 0 aromatic heterocycles. The van der Waals surface area contributed by atoms with E-state index in [1.54, 1.807) is 39.6 Å². The highest BCUT2D eigenvalue weighted by atomic mass is 35.5.